The van der Waals surface area contributed by atoms with Crippen molar-refractivity contribution in [2.45, 2.75) is 25.7 Å². The number of anilines is 1. The summed E-state index contributed by atoms with van der Waals surface area (Å²) in [6.45, 7) is 0. The molecule has 1 amide bonds. The molecule has 0 bridgehead atoms. The Morgan fingerprint density at radius 3 is 2.94 bits per heavy atom. The number of nitrogens with zero attached hydrogens (tertiary/aromatic N) is 1. The molecule has 3 heteroatoms. The van der Waals surface area contributed by atoms with Gasteiger partial charge >= 0.3 is 0 Å². The first-order valence-electron chi connectivity index (χ1n) is 5.55. The molecular formula is C13H15NO2. The van der Waals surface area contributed by atoms with Crippen LogP contribution in [0.15, 0.2) is 18.2 Å². The lowest BCUT2D eigenvalue weighted by molar-refractivity contribution is -0.118. The topological polar surface area (TPSA) is 37.4 Å². The van der Waals surface area contributed by atoms with E-state index in [9.17, 15) is 9.59 Å². The van der Waals surface area contributed by atoms with Gasteiger partial charge in [-0.2, -0.15) is 0 Å². The van der Waals surface area contributed by atoms with Crippen LogP contribution in [-0.4, -0.2) is 19.2 Å². The predicted octanol–water partition coefficient (Wildman–Crippen LogP) is 1.73. The van der Waals surface area contributed by atoms with Crippen molar-refractivity contribution in [3.63, 3.8) is 0 Å². The van der Waals surface area contributed by atoms with Crippen LogP contribution in [0.5, 0.6) is 0 Å². The zero-order valence-electron chi connectivity index (χ0n) is 9.40. The van der Waals surface area contributed by atoms with Crippen LogP contribution in [0.2, 0.25) is 0 Å². The monoisotopic (exact) mass is 217 g/mol. The maximum Gasteiger partial charge on any atom is 0.227 e. The van der Waals surface area contributed by atoms with Crippen molar-refractivity contribution in [3.8, 4) is 0 Å². The first-order valence-corrected chi connectivity index (χ1v) is 5.55. The first kappa shape index (κ1) is 10.9. The van der Waals surface area contributed by atoms with Crippen LogP contribution in [-0.2, 0) is 22.4 Å². The largest absolute Gasteiger partial charge is 0.315 e. The van der Waals surface area contributed by atoms with Gasteiger partial charge < -0.3 is 9.69 Å². The molecule has 1 aliphatic heterocycles. The normalized spacial score (nSPS) is 14.8. The lowest BCUT2D eigenvalue weighted by Gasteiger charge is -2.28. The van der Waals surface area contributed by atoms with Crippen molar-refractivity contribution in [1.29, 1.82) is 0 Å². The summed E-state index contributed by atoms with van der Waals surface area (Å²) in [5, 5.41) is 0. The number of carbonyl (C=O) groups excluding carboxylic acids is 2. The van der Waals surface area contributed by atoms with E-state index in [4.69, 9.17) is 0 Å². The molecule has 3 nitrogen and oxygen atoms in total. The molecule has 0 radical (unpaired) electrons. The third-order valence-electron chi connectivity index (χ3n) is 3.05. The Kier molecular flexibility index (Phi) is 3.04. The number of rotatable bonds is 3. The Balaban J connectivity index is 2.39. The third kappa shape index (κ3) is 1.85. The van der Waals surface area contributed by atoms with Crippen LogP contribution in [0.3, 0.4) is 0 Å². The molecule has 0 fully saturated rings. The zero-order chi connectivity index (χ0) is 11.5. The highest BCUT2D eigenvalue weighted by Gasteiger charge is 2.22. The quantitative estimate of drug-likeness (QED) is 0.723. The van der Waals surface area contributed by atoms with E-state index in [1.807, 2.05) is 19.2 Å². The summed E-state index contributed by atoms with van der Waals surface area (Å²) in [7, 11) is 1.81. The average molecular weight is 217 g/mol. The van der Waals surface area contributed by atoms with Gasteiger partial charge in [0.2, 0.25) is 5.91 Å². The van der Waals surface area contributed by atoms with Crippen molar-refractivity contribution in [2.24, 2.45) is 0 Å². The third-order valence-corrected chi connectivity index (χ3v) is 3.05. The van der Waals surface area contributed by atoms with Crippen LogP contribution in [0, 0.1) is 0 Å². The van der Waals surface area contributed by atoms with E-state index in [0.29, 0.717) is 19.3 Å². The van der Waals surface area contributed by atoms with Crippen LogP contribution in [0.4, 0.5) is 5.69 Å². The van der Waals surface area contributed by atoms with Crippen LogP contribution in [0.25, 0.3) is 0 Å². The molecule has 0 aliphatic carbocycles. The lowest BCUT2D eigenvalue weighted by atomic mass is 9.96. The van der Waals surface area contributed by atoms with Gasteiger partial charge in [-0.1, -0.05) is 18.2 Å². The highest BCUT2D eigenvalue weighted by atomic mass is 16.2. The lowest BCUT2D eigenvalue weighted by Crippen LogP contribution is -2.32. The number of aldehydes is 1. The molecule has 1 aromatic rings. The molecule has 0 atom stereocenters. The van der Waals surface area contributed by atoms with Gasteiger partial charge in [0.25, 0.3) is 0 Å². The van der Waals surface area contributed by atoms with Gasteiger partial charge in [0.1, 0.15) is 6.29 Å². The maximum absolute atomic E-state index is 11.6. The molecule has 0 saturated heterocycles. The van der Waals surface area contributed by atoms with E-state index in [1.165, 1.54) is 5.56 Å². The molecule has 0 aromatic heterocycles. The molecule has 1 aromatic carbocycles. The number of aryl methyl sites for hydroxylation is 2. The van der Waals surface area contributed by atoms with Gasteiger partial charge in [0.15, 0.2) is 0 Å². The summed E-state index contributed by atoms with van der Waals surface area (Å²) in [6, 6.07) is 6.06. The fraction of sp³-hybridized carbons (Fsp3) is 0.385. The maximum atomic E-state index is 11.6. The van der Waals surface area contributed by atoms with Gasteiger partial charge in [-0.3, -0.25) is 4.79 Å². The van der Waals surface area contributed by atoms with E-state index in [0.717, 1.165) is 24.0 Å². The molecule has 1 heterocycles. The zero-order valence-corrected chi connectivity index (χ0v) is 9.40. The molecule has 0 N–H and O–H groups in total. The van der Waals surface area contributed by atoms with E-state index in [2.05, 4.69) is 6.07 Å². The van der Waals surface area contributed by atoms with E-state index >= 15 is 0 Å². The van der Waals surface area contributed by atoms with Crippen molar-refractivity contribution in [1.82, 2.24) is 0 Å². The Morgan fingerprint density at radius 1 is 1.38 bits per heavy atom. The molecular weight excluding hydrogens is 202 g/mol. The van der Waals surface area contributed by atoms with Gasteiger partial charge in [-0.25, -0.2) is 0 Å². The van der Waals surface area contributed by atoms with Gasteiger partial charge in [-0.15, -0.1) is 0 Å². The van der Waals surface area contributed by atoms with Gasteiger partial charge in [-0.05, 0) is 24.0 Å². The Bertz CT molecular complexity index is 426. The number of fused-ring (bicyclic) bond motifs is 1. The van der Waals surface area contributed by atoms with Crippen LogP contribution < -0.4 is 4.90 Å². The summed E-state index contributed by atoms with van der Waals surface area (Å²) < 4.78 is 0. The van der Waals surface area contributed by atoms with Crippen LogP contribution in [0.1, 0.15) is 24.0 Å². The second kappa shape index (κ2) is 4.47. The molecule has 1 aliphatic rings. The first-order chi connectivity index (χ1) is 7.74. The second-order valence-corrected chi connectivity index (χ2v) is 4.08. The number of benzene rings is 1. The number of hydrogen-bond acceptors (Lipinski definition) is 2. The number of para-hydroxylation sites is 1. The highest BCUT2D eigenvalue weighted by Crippen LogP contribution is 2.30. The molecule has 0 spiro atoms. The highest BCUT2D eigenvalue weighted by molar-refractivity contribution is 5.96. The minimum absolute atomic E-state index is 0.158. The number of carbonyl (C=O) groups is 2. The Labute approximate surface area is 95.1 Å². The summed E-state index contributed by atoms with van der Waals surface area (Å²) in [5.41, 5.74) is 3.33. The minimum Gasteiger partial charge on any atom is -0.315 e. The fourth-order valence-corrected chi connectivity index (χ4v) is 2.23. The Morgan fingerprint density at radius 2 is 2.19 bits per heavy atom. The van der Waals surface area contributed by atoms with Crippen molar-refractivity contribution in [3.05, 3.63) is 29.3 Å². The fourth-order valence-electron chi connectivity index (χ4n) is 2.23. The number of hydrogen-bond donors (Lipinski definition) is 0. The molecule has 2 rings (SSSR count). The summed E-state index contributed by atoms with van der Waals surface area (Å²) in [6.07, 6.45) is 3.54. The van der Waals surface area contributed by atoms with E-state index in [1.54, 1.807) is 4.90 Å². The second-order valence-electron chi connectivity index (χ2n) is 4.08. The van der Waals surface area contributed by atoms with E-state index in [-0.39, 0.29) is 5.91 Å². The van der Waals surface area contributed by atoms with Crippen molar-refractivity contribution >= 4 is 17.9 Å². The summed E-state index contributed by atoms with van der Waals surface area (Å²) in [4.78, 5) is 23.8. The van der Waals surface area contributed by atoms with E-state index < -0.39 is 0 Å². The van der Waals surface area contributed by atoms with Gasteiger partial charge in [0.05, 0.1) is 0 Å². The van der Waals surface area contributed by atoms with Gasteiger partial charge in [0, 0.05) is 25.6 Å². The SMILES string of the molecule is CN1C(=O)CCc2cccc(CCC=O)c21. The molecule has 84 valence electrons. The summed E-state index contributed by atoms with van der Waals surface area (Å²) in [5.74, 6) is 0.158. The predicted molar refractivity (Wildman–Crippen MR) is 62.6 cm³/mol. The average Bonchev–Trinajstić information content (AvgIpc) is 2.31. The van der Waals surface area contributed by atoms with Crippen LogP contribution >= 0.6 is 0 Å². The molecule has 0 unspecified atom stereocenters. The standard InChI is InChI=1S/C13H15NO2/c1-14-12(16)8-7-11-5-2-4-10(13(11)14)6-3-9-15/h2,4-5,9H,3,6-8H2,1H3. The van der Waals surface area contributed by atoms with Crippen molar-refractivity contribution in [2.75, 3.05) is 11.9 Å². The molecule has 16 heavy (non-hydrogen) atoms. The summed E-state index contributed by atoms with van der Waals surface area (Å²) >= 11 is 0. The number of amides is 1. The molecule has 0 saturated carbocycles. The van der Waals surface area contributed by atoms with Crippen molar-refractivity contribution < 1.29 is 9.59 Å². The minimum atomic E-state index is 0.158. The Hall–Kier alpha value is -1.64. The smallest absolute Gasteiger partial charge is 0.227 e.